The molecule has 1 radical (unpaired) electrons. The Bertz CT molecular complexity index is 1320. The normalized spacial score (nSPS) is 11.1. The van der Waals surface area contributed by atoms with Crippen molar-refractivity contribution in [3.05, 3.63) is 89.3 Å². The van der Waals surface area contributed by atoms with E-state index in [9.17, 15) is 4.79 Å². The maximum absolute atomic E-state index is 10.0. The fourth-order valence-electron chi connectivity index (χ4n) is 3.75. The zero-order chi connectivity index (χ0) is 25.0. The van der Waals surface area contributed by atoms with Crippen LogP contribution >= 0.6 is 0 Å². The monoisotopic (exact) mass is 663 g/mol. The van der Waals surface area contributed by atoms with E-state index in [4.69, 9.17) is 9.52 Å². The number of benzene rings is 2. The summed E-state index contributed by atoms with van der Waals surface area (Å²) < 4.78 is 6.26. The number of nitrogens with zero attached hydrogens (tertiary/aromatic N) is 1. The Kier molecular flexibility index (Phi) is 11.0. The summed E-state index contributed by atoms with van der Waals surface area (Å²) in [6.07, 6.45) is 3.01. The molecular formula is C31H36IrNO3-. The number of rotatable bonds is 3. The fraction of sp³-hybridized carbons (Fsp3) is 0.290. The summed E-state index contributed by atoms with van der Waals surface area (Å²) in [4.78, 5) is 14.6. The van der Waals surface area contributed by atoms with E-state index in [0.717, 1.165) is 39.1 Å². The number of pyridine rings is 1. The van der Waals surface area contributed by atoms with Crippen LogP contribution in [-0.4, -0.2) is 15.9 Å². The van der Waals surface area contributed by atoms with Crippen molar-refractivity contribution in [2.75, 3.05) is 0 Å². The molecule has 2 heterocycles. The van der Waals surface area contributed by atoms with Crippen LogP contribution in [0.15, 0.2) is 71.0 Å². The molecule has 4 nitrogen and oxygen atoms in total. The van der Waals surface area contributed by atoms with E-state index in [-0.39, 0.29) is 44.5 Å². The Labute approximate surface area is 228 Å². The summed E-state index contributed by atoms with van der Waals surface area (Å²) in [5.41, 5.74) is 7.47. The van der Waals surface area contributed by atoms with E-state index in [1.165, 1.54) is 31.1 Å². The molecule has 5 heteroatoms. The number of aliphatic hydroxyl groups excluding tert-OH is 1. The van der Waals surface area contributed by atoms with Crippen LogP contribution in [0.4, 0.5) is 0 Å². The number of hydrogen-bond donors (Lipinski definition) is 1. The Morgan fingerprint density at radius 1 is 1.03 bits per heavy atom. The van der Waals surface area contributed by atoms with E-state index in [1.807, 2.05) is 12.3 Å². The maximum atomic E-state index is 10.0. The van der Waals surface area contributed by atoms with Gasteiger partial charge in [0.25, 0.3) is 0 Å². The number of aromatic nitrogens is 1. The SMILES string of the molecule is C.CC(=O)C=C(C)O.Cc1[c-]c(-c2nccc3cc(-c4ccc(C(C)(C)C)cc4)oc23)cc(C)c1.[Ir]. The van der Waals surface area contributed by atoms with Gasteiger partial charge in [0.05, 0.1) is 5.76 Å². The molecule has 0 saturated carbocycles. The van der Waals surface area contributed by atoms with Gasteiger partial charge in [-0.3, -0.25) is 4.79 Å². The van der Waals surface area contributed by atoms with Crippen molar-refractivity contribution in [3.8, 4) is 22.6 Å². The minimum absolute atomic E-state index is 0. The van der Waals surface area contributed by atoms with Gasteiger partial charge in [0.1, 0.15) is 11.3 Å². The van der Waals surface area contributed by atoms with Gasteiger partial charge in [-0.1, -0.05) is 66.3 Å². The number of hydrogen-bond acceptors (Lipinski definition) is 4. The summed E-state index contributed by atoms with van der Waals surface area (Å²) in [7, 11) is 0. The van der Waals surface area contributed by atoms with Gasteiger partial charge in [0.15, 0.2) is 5.78 Å². The van der Waals surface area contributed by atoms with Crippen LogP contribution in [0, 0.1) is 19.9 Å². The Hall–Kier alpha value is -3.01. The minimum atomic E-state index is -0.125. The molecule has 0 unspecified atom stereocenters. The molecule has 193 valence electrons. The van der Waals surface area contributed by atoms with Gasteiger partial charge in [0, 0.05) is 49.0 Å². The van der Waals surface area contributed by atoms with Gasteiger partial charge in [-0.2, -0.15) is 0 Å². The number of aryl methyl sites for hydroxylation is 2. The minimum Gasteiger partial charge on any atom is -0.512 e. The average Bonchev–Trinajstić information content (AvgIpc) is 3.16. The van der Waals surface area contributed by atoms with Crippen LogP contribution in [0.25, 0.3) is 33.6 Å². The summed E-state index contributed by atoms with van der Waals surface area (Å²) in [6.45, 7) is 13.7. The second-order valence-corrected chi connectivity index (χ2v) is 9.67. The van der Waals surface area contributed by atoms with Gasteiger partial charge < -0.3 is 14.5 Å². The smallest absolute Gasteiger partial charge is 0.155 e. The fourth-order valence-corrected chi connectivity index (χ4v) is 3.75. The van der Waals surface area contributed by atoms with E-state index in [0.29, 0.717) is 0 Å². The van der Waals surface area contributed by atoms with Gasteiger partial charge in [-0.05, 0) is 37.0 Å². The summed E-state index contributed by atoms with van der Waals surface area (Å²) in [5, 5.41) is 9.42. The first kappa shape index (κ1) is 31.0. The molecule has 1 N–H and O–H groups in total. The summed E-state index contributed by atoms with van der Waals surface area (Å²) in [5.74, 6) is 0.802. The second-order valence-electron chi connectivity index (χ2n) is 9.67. The molecule has 36 heavy (non-hydrogen) atoms. The summed E-state index contributed by atoms with van der Waals surface area (Å²) >= 11 is 0. The van der Waals surface area contributed by atoms with Crippen molar-refractivity contribution in [2.45, 2.75) is 61.3 Å². The molecule has 0 aliphatic rings. The molecular weight excluding hydrogens is 627 g/mol. The van der Waals surface area contributed by atoms with E-state index >= 15 is 0 Å². The third-order valence-corrected chi connectivity index (χ3v) is 5.28. The van der Waals surface area contributed by atoms with Gasteiger partial charge >= 0.3 is 0 Å². The van der Waals surface area contributed by atoms with Crippen LogP contribution in [0.2, 0.25) is 0 Å². The topological polar surface area (TPSA) is 63.3 Å². The predicted octanol–water partition coefficient (Wildman–Crippen LogP) is 8.55. The Morgan fingerprint density at radius 3 is 2.17 bits per heavy atom. The van der Waals surface area contributed by atoms with E-state index in [2.05, 4.69) is 88.1 Å². The predicted molar refractivity (Wildman–Crippen MR) is 146 cm³/mol. The second kappa shape index (κ2) is 12.8. The maximum Gasteiger partial charge on any atom is 0.155 e. The molecule has 4 rings (SSSR count). The third-order valence-electron chi connectivity index (χ3n) is 5.28. The quantitative estimate of drug-likeness (QED) is 0.136. The molecule has 0 atom stereocenters. The molecule has 2 aromatic carbocycles. The van der Waals surface area contributed by atoms with Crippen molar-refractivity contribution in [3.63, 3.8) is 0 Å². The first-order valence-electron chi connectivity index (χ1n) is 11.3. The molecule has 0 bridgehead atoms. The number of carbonyl (C=O) groups excluding carboxylic acids is 1. The number of ketones is 1. The van der Waals surface area contributed by atoms with Gasteiger partial charge in [-0.25, -0.2) is 0 Å². The molecule has 0 amide bonds. The number of carbonyl (C=O) groups is 1. The van der Waals surface area contributed by atoms with Crippen molar-refractivity contribution >= 4 is 16.8 Å². The van der Waals surface area contributed by atoms with E-state index in [1.54, 1.807) is 0 Å². The van der Waals surface area contributed by atoms with Crippen LogP contribution < -0.4 is 0 Å². The van der Waals surface area contributed by atoms with Crippen molar-refractivity contribution in [1.82, 2.24) is 4.98 Å². The first-order chi connectivity index (χ1) is 15.9. The van der Waals surface area contributed by atoms with Crippen molar-refractivity contribution in [1.29, 1.82) is 0 Å². The standard InChI is InChI=1S/C25H24NO.C5H8O2.CH4.Ir/c1-16-12-17(2)14-20(13-16)23-24-19(10-11-26-23)15-22(27-24)18-6-8-21(9-7-18)25(3,4)5;1-4(6)3-5(2)7;;/h6-13,15H,1-5H3;3,6H,1-2H3;1H4;/q-1;;;. The third kappa shape index (κ3) is 8.01. The number of furan rings is 1. The summed E-state index contributed by atoms with van der Waals surface area (Å²) in [6, 6.07) is 20.3. The molecule has 0 aliphatic carbocycles. The molecule has 0 saturated heterocycles. The van der Waals surface area contributed by atoms with Crippen molar-refractivity contribution in [2.24, 2.45) is 0 Å². The molecule has 4 aromatic rings. The van der Waals surface area contributed by atoms with E-state index < -0.39 is 0 Å². The molecule has 2 aromatic heterocycles. The average molecular weight is 663 g/mol. The Balaban J connectivity index is 0.000000637. The zero-order valence-electron chi connectivity index (χ0n) is 21.3. The number of allylic oxidation sites excluding steroid dienone is 2. The molecule has 0 spiro atoms. The van der Waals surface area contributed by atoms with Crippen LogP contribution in [0.5, 0.6) is 0 Å². The Morgan fingerprint density at radius 2 is 1.67 bits per heavy atom. The molecule has 0 fully saturated rings. The van der Waals surface area contributed by atoms with Gasteiger partial charge in [0.2, 0.25) is 0 Å². The first-order valence-corrected chi connectivity index (χ1v) is 11.3. The van der Waals surface area contributed by atoms with Crippen LogP contribution in [-0.2, 0) is 30.3 Å². The van der Waals surface area contributed by atoms with Crippen LogP contribution in [0.1, 0.15) is 58.7 Å². The number of fused-ring (bicyclic) bond motifs is 1. The number of aliphatic hydroxyl groups is 1. The zero-order valence-corrected chi connectivity index (χ0v) is 23.7. The van der Waals surface area contributed by atoms with Gasteiger partial charge in [-0.15, -0.1) is 34.9 Å². The van der Waals surface area contributed by atoms with Crippen molar-refractivity contribution < 1.29 is 34.4 Å². The van der Waals surface area contributed by atoms with Crippen LogP contribution in [0.3, 0.4) is 0 Å². The largest absolute Gasteiger partial charge is 0.512 e. The molecule has 0 aliphatic heterocycles.